The third-order valence-corrected chi connectivity index (χ3v) is 3.13. The smallest absolute Gasteiger partial charge is 0.130 e. The molecule has 2 aromatic rings. The molecule has 0 aliphatic rings. The van der Waals surface area contributed by atoms with Gasteiger partial charge in [0.05, 0.1) is 0 Å². The van der Waals surface area contributed by atoms with Crippen LogP contribution in [0.15, 0.2) is 42.5 Å². The Kier molecular flexibility index (Phi) is 4.63. The molecule has 0 amide bonds. The number of rotatable bonds is 4. The van der Waals surface area contributed by atoms with Gasteiger partial charge in [-0.2, -0.15) is 0 Å². The van der Waals surface area contributed by atoms with Gasteiger partial charge in [0.15, 0.2) is 0 Å². The van der Waals surface area contributed by atoms with Crippen molar-refractivity contribution in [1.29, 1.82) is 0 Å². The van der Waals surface area contributed by atoms with Gasteiger partial charge in [0, 0.05) is 18.2 Å². The first-order valence-electron chi connectivity index (χ1n) is 7.11. The fourth-order valence-electron chi connectivity index (χ4n) is 1.82. The molecule has 2 aromatic carbocycles. The molecular formula is C18H22FNO. The second-order valence-corrected chi connectivity index (χ2v) is 6.26. The third-order valence-electron chi connectivity index (χ3n) is 3.13. The van der Waals surface area contributed by atoms with Crippen molar-refractivity contribution in [2.24, 2.45) is 0 Å². The van der Waals surface area contributed by atoms with E-state index in [2.05, 4.69) is 26.1 Å². The van der Waals surface area contributed by atoms with Crippen molar-refractivity contribution in [1.82, 2.24) is 5.32 Å². The molecular weight excluding hydrogens is 265 g/mol. The van der Waals surface area contributed by atoms with Crippen LogP contribution in [0.1, 0.15) is 31.9 Å². The van der Waals surface area contributed by atoms with E-state index in [1.54, 1.807) is 19.1 Å². The average molecular weight is 287 g/mol. The molecule has 0 aliphatic carbocycles. The lowest BCUT2D eigenvalue weighted by molar-refractivity contribution is 0.424. The predicted octanol–water partition coefficient (Wildman–Crippen LogP) is 4.81. The summed E-state index contributed by atoms with van der Waals surface area (Å²) in [5.41, 5.74) is 1.90. The minimum atomic E-state index is -0.251. The van der Waals surface area contributed by atoms with Gasteiger partial charge in [0.1, 0.15) is 17.3 Å². The van der Waals surface area contributed by atoms with Crippen LogP contribution in [0, 0.1) is 12.7 Å². The van der Waals surface area contributed by atoms with Crippen molar-refractivity contribution in [3.63, 3.8) is 0 Å². The molecule has 0 aliphatic heterocycles. The SMILES string of the molecule is Cc1ccc(Oc2ccc(CNC(C)(C)C)cc2)cc1F. The van der Waals surface area contributed by atoms with Crippen LogP contribution in [0.2, 0.25) is 0 Å². The van der Waals surface area contributed by atoms with Crippen LogP contribution in [-0.4, -0.2) is 5.54 Å². The minimum Gasteiger partial charge on any atom is -0.457 e. The van der Waals surface area contributed by atoms with Crippen LogP contribution in [0.4, 0.5) is 4.39 Å². The number of nitrogens with one attached hydrogen (secondary N) is 1. The Balaban J connectivity index is 2.00. The molecule has 0 fully saturated rings. The fraction of sp³-hybridized carbons (Fsp3) is 0.333. The number of hydrogen-bond acceptors (Lipinski definition) is 2. The van der Waals surface area contributed by atoms with E-state index >= 15 is 0 Å². The van der Waals surface area contributed by atoms with Crippen molar-refractivity contribution in [3.8, 4) is 11.5 Å². The summed E-state index contributed by atoms with van der Waals surface area (Å²) < 4.78 is 19.1. The van der Waals surface area contributed by atoms with E-state index in [-0.39, 0.29) is 11.4 Å². The summed E-state index contributed by atoms with van der Waals surface area (Å²) in [6.07, 6.45) is 0. The topological polar surface area (TPSA) is 21.3 Å². The maximum absolute atomic E-state index is 13.5. The monoisotopic (exact) mass is 287 g/mol. The second kappa shape index (κ2) is 6.27. The zero-order chi connectivity index (χ0) is 15.5. The van der Waals surface area contributed by atoms with Gasteiger partial charge in [-0.1, -0.05) is 18.2 Å². The van der Waals surface area contributed by atoms with Gasteiger partial charge in [-0.05, 0) is 57.0 Å². The van der Waals surface area contributed by atoms with Crippen molar-refractivity contribution in [2.75, 3.05) is 0 Å². The fourth-order valence-corrected chi connectivity index (χ4v) is 1.82. The molecule has 2 rings (SSSR count). The quantitative estimate of drug-likeness (QED) is 0.871. The van der Waals surface area contributed by atoms with Gasteiger partial charge in [-0.3, -0.25) is 0 Å². The summed E-state index contributed by atoms with van der Waals surface area (Å²) >= 11 is 0. The highest BCUT2D eigenvalue weighted by atomic mass is 19.1. The Bertz CT molecular complexity index is 600. The summed E-state index contributed by atoms with van der Waals surface area (Å²) in [6.45, 7) is 8.95. The van der Waals surface area contributed by atoms with Crippen LogP contribution >= 0.6 is 0 Å². The van der Waals surface area contributed by atoms with E-state index in [1.807, 2.05) is 24.3 Å². The molecule has 2 nitrogen and oxygen atoms in total. The van der Waals surface area contributed by atoms with Crippen LogP contribution in [0.3, 0.4) is 0 Å². The normalized spacial score (nSPS) is 11.5. The molecule has 0 saturated carbocycles. The molecule has 3 heteroatoms. The molecule has 0 aromatic heterocycles. The highest BCUT2D eigenvalue weighted by Gasteiger charge is 2.08. The average Bonchev–Trinajstić information content (AvgIpc) is 2.41. The third kappa shape index (κ3) is 4.87. The molecule has 0 radical (unpaired) electrons. The van der Waals surface area contributed by atoms with Crippen molar-refractivity contribution in [2.45, 2.75) is 39.8 Å². The lowest BCUT2D eigenvalue weighted by Gasteiger charge is -2.20. The van der Waals surface area contributed by atoms with E-state index in [4.69, 9.17) is 4.74 Å². The molecule has 0 bridgehead atoms. The zero-order valence-corrected chi connectivity index (χ0v) is 13.0. The van der Waals surface area contributed by atoms with E-state index in [9.17, 15) is 4.39 Å². The molecule has 0 spiro atoms. The summed E-state index contributed by atoms with van der Waals surface area (Å²) in [6, 6.07) is 12.7. The first kappa shape index (κ1) is 15.5. The molecule has 112 valence electrons. The number of ether oxygens (including phenoxy) is 1. The van der Waals surface area contributed by atoms with Crippen molar-refractivity contribution >= 4 is 0 Å². The molecule has 0 unspecified atom stereocenters. The zero-order valence-electron chi connectivity index (χ0n) is 13.0. The summed E-state index contributed by atoms with van der Waals surface area (Å²) in [5, 5.41) is 3.43. The van der Waals surface area contributed by atoms with Gasteiger partial charge in [-0.15, -0.1) is 0 Å². The standard InChI is InChI=1S/C18H22FNO/c1-13-5-8-16(11-17(13)19)21-15-9-6-14(7-10-15)12-20-18(2,3)4/h5-11,20H,12H2,1-4H3. The number of hydrogen-bond donors (Lipinski definition) is 1. The van der Waals surface area contributed by atoms with Gasteiger partial charge in [0.25, 0.3) is 0 Å². The Hall–Kier alpha value is -1.87. The molecule has 0 heterocycles. The first-order valence-corrected chi connectivity index (χ1v) is 7.11. The Morgan fingerprint density at radius 1 is 1.00 bits per heavy atom. The maximum atomic E-state index is 13.5. The van der Waals surface area contributed by atoms with E-state index in [0.717, 1.165) is 6.54 Å². The van der Waals surface area contributed by atoms with Crippen LogP contribution in [0.5, 0.6) is 11.5 Å². The Morgan fingerprint density at radius 2 is 1.62 bits per heavy atom. The molecule has 0 saturated heterocycles. The first-order chi connectivity index (χ1) is 9.83. The largest absolute Gasteiger partial charge is 0.457 e. The lowest BCUT2D eigenvalue weighted by Crippen LogP contribution is -2.34. The number of aryl methyl sites for hydroxylation is 1. The van der Waals surface area contributed by atoms with Crippen molar-refractivity contribution < 1.29 is 9.13 Å². The summed E-state index contributed by atoms with van der Waals surface area (Å²) in [4.78, 5) is 0. The Labute approximate surface area is 126 Å². The Morgan fingerprint density at radius 3 is 2.19 bits per heavy atom. The van der Waals surface area contributed by atoms with Crippen LogP contribution in [-0.2, 0) is 6.54 Å². The molecule has 21 heavy (non-hydrogen) atoms. The highest BCUT2D eigenvalue weighted by molar-refractivity contribution is 5.35. The van der Waals surface area contributed by atoms with E-state index in [1.165, 1.54) is 11.6 Å². The van der Waals surface area contributed by atoms with E-state index < -0.39 is 0 Å². The highest BCUT2D eigenvalue weighted by Crippen LogP contribution is 2.23. The van der Waals surface area contributed by atoms with Gasteiger partial charge >= 0.3 is 0 Å². The summed E-state index contributed by atoms with van der Waals surface area (Å²) in [7, 11) is 0. The van der Waals surface area contributed by atoms with Gasteiger partial charge in [0.2, 0.25) is 0 Å². The second-order valence-electron chi connectivity index (χ2n) is 6.26. The van der Waals surface area contributed by atoms with Gasteiger partial charge < -0.3 is 10.1 Å². The summed E-state index contributed by atoms with van der Waals surface area (Å²) in [5.74, 6) is 0.968. The van der Waals surface area contributed by atoms with Gasteiger partial charge in [-0.25, -0.2) is 4.39 Å². The number of halogens is 1. The van der Waals surface area contributed by atoms with Crippen LogP contribution in [0.25, 0.3) is 0 Å². The number of benzene rings is 2. The lowest BCUT2D eigenvalue weighted by atomic mass is 10.1. The van der Waals surface area contributed by atoms with E-state index in [0.29, 0.717) is 17.1 Å². The molecule has 0 atom stereocenters. The maximum Gasteiger partial charge on any atom is 0.130 e. The minimum absolute atomic E-state index is 0.0919. The predicted molar refractivity (Wildman–Crippen MR) is 84.2 cm³/mol. The molecule has 1 N–H and O–H groups in total. The van der Waals surface area contributed by atoms with Crippen LogP contribution < -0.4 is 10.1 Å². The van der Waals surface area contributed by atoms with Crippen molar-refractivity contribution in [3.05, 3.63) is 59.4 Å².